The van der Waals surface area contributed by atoms with Gasteiger partial charge in [-0.05, 0) is 42.0 Å². The quantitative estimate of drug-likeness (QED) is 0.218. The van der Waals surface area contributed by atoms with Crippen molar-refractivity contribution in [1.82, 2.24) is 0 Å². The molecule has 3 heterocycles. The van der Waals surface area contributed by atoms with E-state index >= 15 is 0 Å². The molecule has 0 saturated carbocycles. The molecule has 3 atom stereocenters. The van der Waals surface area contributed by atoms with Gasteiger partial charge in [0, 0.05) is 45.3 Å². The second-order valence-corrected chi connectivity index (χ2v) is 10.9. The summed E-state index contributed by atoms with van der Waals surface area (Å²) in [6, 6.07) is 41.1. The summed E-state index contributed by atoms with van der Waals surface area (Å²) in [7, 11) is 0. The minimum Gasteiger partial charge on any atom is -0.457 e. The zero-order valence-electron chi connectivity index (χ0n) is 21.7. The first-order chi connectivity index (χ1) is 19.8. The molecule has 40 heavy (non-hydrogen) atoms. The molecule has 1 aliphatic carbocycles. The SMILES string of the molecule is C1=CC2C(C=C1)C1(c3ccccc3Oc3cc4oc5ccccc5c4cc31)c1ccccc1N2c1ccccc1. The van der Waals surface area contributed by atoms with Crippen LogP contribution in [0.5, 0.6) is 11.5 Å². The van der Waals surface area contributed by atoms with Crippen molar-refractivity contribution in [3.8, 4) is 11.5 Å². The fraction of sp³-hybridized carbons (Fsp3) is 0.0811. The summed E-state index contributed by atoms with van der Waals surface area (Å²) in [4.78, 5) is 2.51. The van der Waals surface area contributed by atoms with Crippen molar-refractivity contribution < 1.29 is 9.15 Å². The lowest BCUT2D eigenvalue weighted by Gasteiger charge is -2.55. The number of allylic oxidation sites excluding steroid dienone is 2. The van der Waals surface area contributed by atoms with Crippen LogP contribution in [0.1, 0.15) is 16.7 Å². The Morgan fingerprint density at radius 1 is 0.575 bits per heavy atom. The molecule has 6 aromatic rings. The Kier molecular flexibility index (Phi) is 4.37. The predicted octanol–water partition coefficient (Wildman–Crippen LogP) is 9.29. The van der Waals surface area contributed by atoms with Gasteiger partial charge in [0.2, 0.25) is 0 Å². The molecule has 0 N–H and O–H groups in total. The Morgan fingerprint density at radius 2 is 1.32 bits per heavy atom. The van der Waals surface area contributed by atoms with Crippen LogP contribution < -0.4 is 9.64 Å². The van der Waals surface area contributed by atoms with Crippen LogP contribution in [0.3, 0.4) is 0 Å². The number of para-hydroxylation sites is 4. The minimum atomic E-state index is -0.468. The van der Waals surface area contributed by atoms with Gasteiger partial charge in [0.25, 0.3) is 0 Å². The van der Waals surface area contributed by atoms with Crippen molar-refractivity contribution >= 4 is 33.3 Å². The molecule has 0 radical (unpaired) electrons. The van der Waals surface area contributed by atoms with Gasteiger partial charge >= 0.3 is 0 Å². The first-order valence-electron chi connectivity index (χ1n) is 13.9. The van der Waals surface area contributed by atoms with Gasteiger partial charge in [-0.1, -0.05) is 97.1 Å². The van der Waals surface area contributed by atoms with Gasteiger partial charge in [0.05, 0.1) is 11.5 Å². The van der Waals surface area contributed by atoms with Gasteiger partial charge in [0.15, 0.2) is 0 Å². The number of benzene rings is 5. The highest BCUT2D eigenvalue weighted by molar-refractivity contribution is 6.06. The van der Waals surface area contributed by atoms with E-state index in [0.29, 0.717) is 0 Å². The smallest absolute Gasteiger partial charge is 0.139 e. The maximum absolute atomic E-state index is 6.70. The van der Waals surface area contributed by atoms with E-state index in [1.165, 1.54) is 28.1 Å². The molecule has 3 unspecified atom stereocenters. The Balaban J connectivity index is 1.44. The maximum Gasteiger partial charge on any atom is 0.139 e. The Hall–Kier alpha value is -5.02. The zero-order chi connectivity index (χ0) is 26.3. The third kappa shape index (κ3) is 2.74. The molecule has 9 rings (SSSR count). The first kappa shape index (κ1) is 21.9. The monoisotopic (exact) mass is 515 g/mol. The standard InChI is InChI=1S/C37H25NO2/c1-2-12-24(13-3-1)38-31-18-8-5-15-27(31)37(28-16-6-9-19-32(28)38)29-17-7-11-21-34(29)40-36-23-35-26(22-30(36)37)25-14-4-10-20-33(25)39-35/h1-23,27,31H. The number of fused-ring (bicyclic) bond motifs is 11. The van der Waals surface area contributed by atoms with E-state index in [4.69, 9.17) is 9.15 Å². The third-order valence-electron chi connectivity index (χ3n) is 8.96. The normalized spacial score (nSPS) is 22.1. The molecule has 0 fully saturated rings. The largest absolute Gasteiger partial charge is 0.457 e. The summed E-state index contributed by atoms with van der Waals surface area (Å²) in [5.74, 6) is 1.87. The van der Waals surface area contributed by atoms with Gasteiger partial charge < -0.3 is 14.1 Å². The molecule has 190 valence electrons. The Morgan fingerprint density at radius 3 is 2.25 bits per heavy atom. The van der Waals surface area contributed by atoms with Crippen molar-refractivity contribution in [2.45, 2.75) is 11.5 Å². The predicted molar refractivity (Wildman–Crippen MR) is 161 cm³/mol. The molecule has 0 saturated heterocycles. The highest BCUT2D eigenvalue weighted by Gasteiger charge is 2.56. The van der Waals surface area contributed by atoms with E-state index in [0.717, 1.165) is 33.4 Å². The molecule has 3 heteroatoms. The second kappa shape index (κ2) is 8.00. The van der Waals surface area contributed by atoms with Gasteiger partial charge in [-0.25, -0.2) is 0 Å². The minimum absolute atomic E-state index is 0.109. The van der Waals surface area contributed by atoms with Crippen LogP contribution in [0.2, 0.25) is 0 Å². The van der Waals surface area contributed by atoms with E-state index in [2.05, 4.69) is 132 Å². The van der Waals surface area contributed by atoms with Crippen molar-refractivity contribution in [2.75, 3.05) is 4.90 Å². The molecular formula is C37H25NO2. The van der Waals surface area contributed by atoms with E-state index in [9.17, 15) is 0 Å². The first-order valence-corrected chi connectivity index (χ1v) is 13.9. The highest BCUT2D eigenvalue weighted by Crippen LogP contribution is 2.63. The summed E-state index contributed by atoms with van der Waals surface area (Å²) in [5.41, 5.74) is 7.34. The van der Waals surface area contributed by atoms with Gasteiger partial charge in [0.1, 0.15) is 22.7 Å². The van der Waals surface area contributed by atoms with Crippen molar-refractivity contribution in [3.63, 3.8) is 0 Å². The number of anilines is 2. The molecule has 2 aliphatic heterocycles. The zero-order valence-corrected chi connectivity index (χ0v) is 21.7. The lowest BCUT2D eigenvalue weighted by atomic mass is 9.55. The number of furan rings is 1. The number of hydrogen-bond acceptors (Lipinski definition) is 3. The van der Waals surface area contributed by atoms with Crippen LogP contribution in [0.25, 0.3) is 21.9 Å². The summed E-state index contributed by atoms with van der Waals surface area (Å²) in [5, 5.41) is 2.24. The van der Waals surface area contributed by atoms with Gasteiger partial charge in [-0.15, -0.1) is 0 Å². The fourth-order valence-electron chi connectivity index (χ4n) is 7.44. The molecule has 1 aromatic heterocycles. The number of hydrogen-bond donors (Lipinski definition) is 0. The average Bonchev–Trinajstić information content (AvgIpc) is 3.38. The Bertz CT molecular complexity index is 2020. The molecule has 0 bridgehead atoms. The number of ether oxygens (including phenoxy) is 1. The van der Waals surface area contributed by atoms with E-state index in [1.807, 2.05) is 12.1 Å². The summed E-state index contributed by atoms with van der Waals surface area (Å²) in [6.45, 7) is 0. The van der Waals surface area contributed by atoms with Crippen LogP contribution >= 0.6 is 0 Å². The Labute approximate surface area is 232 Å². The summed E-state index contributed by atoms with van der Waals surface area (Å²) >= 11 is 0. The van der Waals surface area contributed by atoms with Crippen molar-refractivity contribution in [2.24, 2.45) is 5.92 Å². The fourth-order valence-corrected chi connectivity index (χ4v) is 7.44. The number of nitrogens with zero attached hydrogens (tertiary/aromatic N) is 1. The van der Waals surface area contributed by atoms with Gasteiger partial charge in [-0.2, -0.15) is 0 Å². The molecule has 5 aromatic carbocycles. The van der Waals surface area contributed by atoms with Crippen molar-refractivity contribution in [3.05, 3.63) is 156 Å². The third-order valence-corrected chi connectivity index (χ3v) is 8.96. The van der Waals surface area contributed by atoms with Crippen LogP contribution in [-0.4, -0.2) is 6.04 Å². The molecule has 0 amide bonds. The van der Waals surface area contributed by atoms with E-state index in [-0.39, 0.29) is 12.0 Å². The summed E-state index contributed by atoms with van der Waals surface area (Å²) in [6.07, 6.45) is 9.17. The lowest BCUT2D eigenvalue weighted by Crippen LogP contribution is -2.54. The maximum atomic E-state index is 6.70. The van der Waals surface area contributed by atoms with Crippen LogP contribution in [0.4, 0.5) is 11.4 Å². The van der Waals surface area contributed by atoms with E-state index < -0.39 is 5.41 Å². The van der Waals surface area contributed by atoms with E-state index in [1.54, 1.807) is 0 Å². The number of rotatable bonds is 1. The second-order valence-electron chi connectivity index (χ2n) is 10.9. The molecule has 3 aliphatic rings. The topological polar surface area (TPSA) is 25.6 Å². The molecule has 1 spiro atoms. The lowest BCUT2D eigenvalue weighted by molar-refractivity contribution is 0.336. The molecular weight excluding hydrogens is 490 g/mol. The molecule has 3 nitrogen and oxygen atoms in total. The van der Waals surface area contributed by atoms with Crippen molar-refractivity contribution in [1.29, 1.82) is 0 Å². The van der Waals surface area contributed by atoms with Crippen LogP contribution in [-0.2, 0) is 5.41 Å². The highest BCUT2D eigenvalue weighted by atomic mass is 16.5. The van der Waals surface area contributed by atoms with Gasteiger partial charge in [-0.3, -0.25) is 0 Å². The average molecular weight is 516 g/mol. The van der Waals surface area contributed by atoms with Crippen LogP contribution in [0.15, 0.2) is 144 Å². The summed E-state index contributed by atoms with van der Waals surface area (Å²) < 4.78 is 13.0. The van der Waals surface area contributed by atoms with Crippen LogP contribution in [0, 0.1) is 5.92 Å².